The van der Waals surface area contributed by atoms with Crippen LogP contribution in [-0.2, 0) is 5.41 Å². The number of benzene rings is 14. The van der Waals surface area contributed by atoms with Crippen molar-refractivity contribution in [1.29, 1.82) is 0 Å². The summed E-state index contributed by atoms with van der Waals surface area (Å²) in [5.74, 6) is 0. The summed E-state index contributed by atoms with van der Waals surface area (Å²) in [4.78, 5) is 12.3. The fraction of sp³-hybridized carbons (Fsp3) is 0.118. The van der Waals surface area contributed by atoms with E-state index in [0.717, 1.165) is 94.7 Å². The highest BCUT2D eigenvalue weighted by Crippen LogP contribution is 2.58. The van der Waals surface area contributed by atoms with Gasteiger partial charge in [0.05, 0.1) is 0 Å². The maximum atomic E-state index is 3.65. The van der Waals surface area contributed by atoms with E-state index in [2.05, 4.69) is 351 Å². The molecule has 0 aliphatic heterocycles. The van der Waals surface area contributed by atoms with Gasteiger partial charge in [-0.2, -0.15) is 0 Å². The first-order valence-corrected chi connectivity index (χ1v) is 34.8. The summed E-state index contributed by atoms with van der Waals surface area (Å²) in [5.41, 5.74) is 28.8. The number of anilines is 6. The van der Waals surface area contributed by atoms with Crippen molar-refractivity contribution in [1.82, 2.24) is 9.97 Å². The summed E-state index contributed by atoms with van der Waals surface area (Å²) in [7, 11) is 0. The quantitative estimate of drug-likeness (QED) is 0.0953. The number of aromatic amines is 2. The lowest BCUT2D eigenvalue weighted by atomic mass is 9.69. The molecular formula is C93H76N4. The monoisotopic (exact) mass is 1250 g/mol. The topological polar surface area (TPSA) is 38.1 Å². The van der Waals surface area contributed by atoms with Gasteiger partial charge in [0.2, 0.25) is 0 Å². The minimum absolute atomic E-state index is 0.231. The third-order valence-electron chi connectivity index (χ3n) is 20.9. The van der Waals surface area contributed by atoms with Crippen LogP contribution in [0.4, 0.5) is 34.1 Å². The summed E-state index contributed by atoms with van der Waals surface area (Å²) in [6, 6.07) is 109. The normalized spacial score (nSPS) is 12.6. The number of allylic oxidation sites excluding steroid dienone is 1. The van der Waals surface area contributed by atoms with Crippen LogP contribution in [0.25, 0.3) is 127 Å². The van der Waals surface area contributed by atoms with Crippen molar-refractivity contribution in [2.45, 2.75) is 71.6 Å². The first-order valence-electron chi connectivity index (χ1n) is 34.8. The largest absolute Gasteiger partial charge is 0.355 e. The van der Waals surface area contributed by atoms with Gasteiger partial charge in [0, 0.05) is 83.2 Å². The van der Waals surface area contributed by atoms with E-state index in [4.69, 9.17) is 0 Å². The molecule has 0 bridgehead atoms. The number of hydrogen-bond acceptors (Lipinski definition) is 2. The van der Waals surface area contributed by atoms with Gasteiger partial charge in [-0.3, -0.25) is 0 Å². The van der Waals surface area contributed by atoms with E-state index in [1.807, 2.05) is 0 Å². The lowest BCUT2D eigenvalue weighted by Gasteiger charge is -2.35. The summed E-state index contributed by atoms with van der Waals surface area (Å²) in [6.07, 6.45) is 11.0. The van der Waals surface area contributed by atoms with Crippen molar-refractivity contribution in [2.24, 2.45) is 0 Å². The van der Waals surface area contributed by atoms with E-state index in [1.165, 1.54) is 121 Å². The second kappa shape index (κ2) is 24.7. The molecule has 1 aliphatic rings. The molecule has 2 aromatic heterocycles. The molecule has 2 N–H and O–H groups in total. The molecule has 0 spiro atoms. The van der Waals surface area contributed by atoms with Gasteiger partial charge < -0.3 is 19.8 Å². The molecule has 2 heterocycles. The highest BCUT2D eigenvalue weighted by Gasteiger charge is 2.44. The molecule has 0 saturated heterocycles. The number of nitrogens with one attached hydrogen (secondary N) is 2. The molecular weight excluding hydrogens is 1170 g/mol. The Balaban J connectivity index is 0.803. The third kappa shape index (κ3) is 10.4. The SMILES string of the molecule is CC=Cc1c(C)cccc1-c1ccc(N(c2cccc(-c3ccc4[nH]c5ccccc5c4c3)c2)c2ccc3c(c2)C(CCCC)(CCCC)c2c-3ccc3cc(N(c4ccc(-c5cccc6ccccc56)cc4)c4cccc(-c5ccc6[nH]c7ccccc7c6c5)c4)ccc23)cc1. The zero-order valence-electron chi connectivity index (χ0n) is 55.5. The first-order chi connectivity index (χ1) is 47.8. The number of hydrogen-bond donors (Lipinski definition) is 2. The zero-order valence-corrected chi connectivity index (χ0v) is 55.5. The van der Waals surface area contributed by atoms with Gasteiger partial charge in [0.25, 0.3) is 0 Å². The zero-order chi connectivity index (χ0) is 65.1. The number of unbranched alkanes of at least 4 members (excludes halogenated alkanes) is 2. The fourth-order valence-corrected chi connectivity index (χ4v) is 16.2. The lowest BCUT2D eigenvalue weighted by Crippen LogP contribution is -2.26. The number of rotatable bonds is 17. The Morgan fingerprint density at radius 3 is 1.42 bits per heavy atom. The fourth-order valence-electron chi connectivity index (χ4n) is 16.2. The number of fused-ring (bicyclic) bond motifs is 12. The van der Waals surface area contributed by atoms with Gasteiger partial charge in [0.1, 0.15) is 0 Å². The highest BCUT2D eigenvalue weighted by atomic mass is 15.1. The smallest absolute Gasteiger partial charge is 0.0468 e. The molecule has 4 heteroatoms. The first kappa shape index (κ1) is 59.3. The van der Waals surface area contributed by atoms with Gasteiger partial charge >= 0.3 is 0 Å². The second-order valence-electron chi connectivity index (χ2n) is 26.7. The maximum Gasteiger partial charge on any atom is 0.0468 e. The van der Waals surface area contributed by atoms with Gasteiger partial charge in [-0.1, -0.05) is 234 Å². The Morgan fingerprint density at radius 2 is 0.804 bits per heavy atom. The van der Waals surface area contributed by atoms with Crippen molar-refractivity contribution < 1.29 is 0 Å². The molecule has 0 atom stereocenters. The van der Waals surface area contributed by atoms with Crippen LogP contribution in [0.5, 0.6) is 0 Å². The number of aromatic nitrogens is 2. The van der Waals surface area contributed by atoms with Crippen LogP contribution in [0.15, 0.2) is 297 Å². The number of para-hydroxylation sites is 2. The van der Waals surface area contributed by atoms with Crippen LogP contribution in [-0.4, -0.2) is 9.97 Å². The summed E-state index contributed by atoms with van der Waals surface area (Å²) in [5, 5.41) is 10.0. The van der Waals surface area contributed by atoms with Crippen molar-refractivity contribution in [3.8, 4) is 55.6 Å². The molecule has 97 heavy (non-hydrogen) atoms. The molecule has 4 nitrogen and oxygen atoms in total. The number of aryl methyl sites for hydroxylation is 1. The molecule has 468 valence electrons. The summed E-state index contributed by atoms with van der Waals surface area (Å²) < 4.78 is 0. The number of H-pyrrole nitrogens is 2. The van der Waals surface area contributed by atoms with E-state index in [9.17, 15) is 0 Å². The van der Waals surface area contributed by atoms with Crippen LogP contribution >= 0.6 is 0 Å². The predicted molar refractivity (Wildman–Crippen MR) is 416 cm³/mol. The van der Waals surface area contributed by atoms with Crippen LogP contribution in [0.2, 0.25) is 0 Å². The van der Waals surface area contributed by atoms with Gasteiger partial charge in [-0.25, -0.2) is 0 Å². The molecule has 0 fully saturated rings. The molecule has 16 aromatic rings. The lowest BCUT2D eigenvalue weighted by molar-refractivity contribution is 0.417. The van der Waals surface area contributed by atoms with Gasteiger partial charge in [0.15, 0.2) is 0 Å². The molecule has 14 aromatic carbocycles. The Hall–Kier alpha value is -11.5. The Morgan fingerprint density at radius 1 is 0.330 bits per heavy atom. The summed E-state index contributed by atoms with van der Waals surface area (Å²) >= 11 is 0. The third-order valence-corrected chi connectivity index (χ3v) is 20.9. The Kier molecular flexibility index (Phi) is 15.1. The second-order valence-corrected chi connectivity index (χ2v) is 26.7. The molecule has 0 unspecified atom stereocenters. The Bertz CT molecular complexity index is 5710. The molecule has 0 radical (unpaired) electrons. The van der Waals surface area contributed by atoms with E-state index in [-0.39, 0.29) is 5.41 Å². The minimum atomic E-state index is -0.231. The van der Waals surface area contributed by atoms with Crippen LogP contribution in [0.3, 0.4) is 0 Å². The highest BCUT2D eigenvalue weighted by molar-refractivity contribution is 6.10. The maximum absolute atomic E-state index is 3.65. The molecule has 1 aliphatic carbocycles. The van der Waals surface area contributed by atoms with Crippen molar-refractivity contribution in [3.05, 3.63) is 320 Å². The average Bonchev–Trinajstić information content (AvgIpc) is 1.55. The van der Waals surface area contributed by atoms with E-state index in [0.29, 0.717) is 0 Å². The molecule has 0 amide bonds. The van der Waals surface area contributed by atoms with Crippen LogP contribution < -0.4 is 9.80 Å². The van der Waals surface area contributed by atoms with Gasteiger partial charge in [-0.15, -0.1) is 0 Å². The van der Waals surface area contributed by atoms with Crippen LogP contribution in [0.1, 0.15) is 81.5 Å². The van der Waals surface area contributed by atoms with Crippen molar-refractivity contribution >= 4 is 105 Å². The standard InChI is InChI=1S/C93H76N4/c1-5-8-53-93(54-9-6-2)87-60-75(97(71-42-35-63(36-43-71)77-31-16-21-61(4)76(77)20-7-3)73-27-18-25-66(56-73)68-41-52-91-86(59-68)83-30-13-15-34-89(83)95-91)47-50-81(87)84-48-39-69-57-74(46-49-80(69)92(84)93)96(70-44-37-64(38-45-70)79-32-19-23-62-22-10-11-28-78(62)79)72-26-17-24-65(55-72)67-40-51-90-85(58-67)82-29-12-14-33-88(82)94-90/h7,10-52,55-60,94-95H,5-6,8-9,53-54H2,1-4H3. The average molecular weight is 1250 g/mol. The van der Waals surface area contributed by atoms with Crippen molar-refractivity contribution in [3.63, 3.8) is 0 Å². The minimum Gasteiger partial charge on any atom is -0.355 e. The van der Waals surface area contributed by atoms with Crippen LogP contribution in [0, 0.1) is 6.92 Å². The molecule has 17 rings (SSSR count). The van der Waals surface area contributed by atoms with Gasteiger partial charge in [-0.05, 0) is 235 Å². The van der Waals surface area contributed by atoms with Crippen molar-refractivity contribution in [2.75, 3.05) is 9.80 Å². The Labute approximate surface area is 568 Å². The van der Waals surface area contributed by atoms with E-state index < -0.39 is 0 Å². The number of nitrogens with zero attached hydrogens (tertiary/aromatic N) is 2. The van der Waals surface area contributed by atoms with E-state index >= 15 is 0 Å². The molecule has 0 saturated carbocycles. The predicted octanol–water partition coefficient (Wildman–Crippen LogP) is 26.9. The van der Waals surface area contributed by atoms with E-state index in [1.54, 1.807) is 0 Å². The summed E-state index contributed by atoms with van der Waals surface area (Å²) in [6.45, 7) is 9.04.